The molecule has 3 aliphatic rings. The number of hydrogen-bond donors (Lipinski definition) is 1. The van der Waals surface area contributed by atoms with Crippen LogP contribution < -0.4 is 15.0 Å². The molecule has 9 nitrogen and oxygen atoms in total. The van der Waals surface area contributed by atoms with Crippen molar-refractivity contribution < 1.29 is 23.9 Å². The van der Waals surface area contributed by atoms with E-state index in [1.165, 1.54) is 23.1 Å². The summed E-state index contributed by atoms with van der Waals surface area (Å²) in [5.74, 6) is 0.426. The van der Waals surface area contributed by atoms with E-state index in [9.17, 15) is 14.4 Å². The monoisotopic (exact) mass is 554 g/mol. The van der Waals surface area contributed by atoms with Gasteiger partial charge < -0.3 is 14.8 Å². The number of aliphatic imine (C=N–C) groups is 1. The molecule has 1 aliphatic heterocycles. The van der Waals surface area contributed by atoms with Gasteiger partial charge in [0.15, 0.2) is 10.3 Å². The second-order valence-corrected chi connectivity index (χ2v) is 11.6. The quantitative estimate of drug-likeness (QED) is 0.265. The molecular weight excluding hydrogens is 524 g/mol. The van der Waals surface area contributed by atoms with Gasteiger partial charge in [-0.25, -0.2) is 9.98 Å². The molecule has 0 unspecified atom stereocenters. The third-order valence-electron chi connectivity index (χ3n) is 6.70. The number of nitrogens with zero attached hydrogens (tertiary/aromatic N) is 3. The van der Waals surface area contributed by atoms with E-state index in [-0.39, 0.29) is 29.9 Å². The van der Waals surface area contributed by atoms with E-state index in [2.05, 4.69) is 15.3 Å². The Balaban J connectivity index is 1.19. The first-order valence-corrected chi connectivity index (χ1v) is 14.5. The van der Waals surface area contributed by atoms with Crippen molar-refractivity contribution in [2.75, 3.05) is 11.5 Å². The highest BCUT2D eigenvalue weighted by Gasteiger charge is 2.31. The van der Waals surface area contributed by atoms with E-state index >= 15 is 0 Å². The Bertz CT molecular complexity index is 1280. The number of hydrogen-bond acceptors (Lipinski definition) is 9. The standard InChI is InChI=1S/C27H30N4O5S2/c1-3-35-25(34)17-4-8-19(9-5-17)36-20-10-11-22(16(2)12-20)29-26-30-24(33)23(38-26)13-21-14-28-27(37-21)31(15-32)18-6-7-18/h10-15,17-19H,3-9H2,1-2H3,(H,29,30,33)/b23-13-. The Morgan fingerprint density at radius 3 is 2.71 bits per heavy atom. The summed E-state index contributed by atoms with van der Waals surface area (Å²) in [6.07, 6.45) is 9.54. The van der Waals surface area contributed by atoms with Gasteiger partial charge in [-0.3, -0.25) is 19.3 Å². The Morgan fingerprint density at radius 1 is 1.24 bits per heavy atom. The summed E-state index contributed by atoms with van der Waals surface area (Å²) in [6.45, 7) is 4.20. The molecule has 0 atom stereocenters. The highest BCUT2D eigenvalue weighted by atomic mass is 32.2. The first-order valence-electron chi connectivity index (χ1n) is 12.9. The molecule has 0 radical (unpaired) electrons. The highest BCUT2D eigenvalue weighted by molar-refractivity contribution is 8.18. The predicted octanol–water partition coefficient (Wildman–Crippen LogP) is 4.97. The molecular formula is C27H30N4O5S2. The normalized spacial score (nSPS) is 23.4. The molecule has 1 aromatic carbocycles. The van der Waals surface area contributed by atoms with E-state index in [1.54, 1.807) is 17.2 Å². The Labute approximate surface area is 229 Å². The van der Waals surface area contributed by atoms with Crippen LogP contribution in [0.3, 0.4) is 0 Å². The SMILES string of the molecule is CCOC(=O)C1CCC(Oc2ccc(N=C3NC(=O)/C(=C/c4cnc(N(C=O)C5CC5)s4)S3)c(C)c2)CC1. The fourth-order valence-electron chi connectivity index (χ4n) is 4.52. The van der Waals surface area contributed by atoms with Crippen LogP contribution in [0, 0.1) is 12.8 Å². The van der Waals surface area contributed by atoms with Gasteiger partial charge >= 0.3 is 5.97 Å². The summed E-state index contributed by atoms with van der Waals surface area (Å²) in [7, 11) is 0. The molecule has 11 heteroatoms. The summed E-state index contributed by atoms with van der Waals surface area (Å²) >= 11 is 2.66. The molecule has 0 spiro atoms. The van der Waals surface area contributed by atoms with E-state index in [0.717, 1.165) is 66.8 Å². The molecule has 0 bridgehead atoms. The number of nitrogens with one attached hydrogen (secondary N) is 1. The van der Waals surface area contributed by atoms with Crippen LogP contribution >= 0.6 is 23.1 Å². The maximum Gasteiger partial charge on any atom is 0.308 e. The number of esters is 1. The second kappa shape index (κ2) is 11.7. The van der Waals surface area contributed by atoms with Crippen LogP contribution in [-0.2, 0) is 19.1 Å². The molecule has 3 fully saturated rings. The molecule has 2 amide bonds. The third kappa shape index (κ3) is 6.27. The van der Waals surface area contributed by atoms with Gasteiger partial charge in [-0.05, 0) is 94.0 Å². The van der Waals surface area contributed by atoms with Crippen molar-refractivity contribution in [3.8, 4) is 5.75 Å². The van der Waals surface area contributed by atoms with Crippen LogP contribution in [0.5, 0.6) is 5.75 Å². The summed E-state index contributed by atoms with van der Waals surface area (Å²) in [4.78, 5) is 47.9. The van der Waals surface area contributed by atoms with Crippen molar-refractivity contribution in [1.29, 1.82) is 0 Å². The minimum Gasteiger partial charge on any atom is -0.490 e. The van der Waals surface area contributed by atoms with Gasteiger partial charge in [-0.1, -0.05) is 11.3 Å². The molecule has 200 valence electrons. The molecule has 2 saturated carbocycles. The van der Waals surface area contributed by atoms with Crippen LogP contribution in [0.4, 0.5) is 10.8 Å². The Morgan fingerprint density at radius 2 is 2.03 bits per heavy atom. The Hall–Kier alpha value is -3.18. The van der Waals surface area contributed by atoms with E-state index in [4.69, 9.17) is 9.47 Å². The number of aromatic nitrogens is 1. The molecule has 1 saturated heterocycles. The van der Waals surface area contributed by atoms with Crippen molar-refractivity contribution in [2.45, 2.75) is 64.5 Å². The minimum absolute atomic E-state index is 0.0280. The lowest BCUT2D eigenvalue weighted by atomic mass is 9.87. The van der Waals surface area contributed by atoms with Crippen molar-refractivity contribution in [3.05, 3.63) is 39.7 Å². The molecule has 1 N–H and O–H groups in total. The average molecular weight is 555 g/mol. The number of carbonyl (C=O) groups excluding carboxylic acids is 3. The smallest absolute Gasteiger partial charge is 0.308 e. The number of anilines is 1. The van der Waals surface area contributed by atoms with E-state index in [0.29, 0.717) is 21.8 Å². The molecule has 1 aromatic heterocycles. The number of amides is 2. The van der Waals surface area contributed by atoms with Crippen molar-refractivity contribution in [1.82, 2.24) is 10.3 Å². The summed E-state index contributed by atoms with van der Waals surface area (Å²) in [5, 5.41) is 3.98. The van der Waals surface area contributed by atoms with Crippen LogP contribution in [-0.4, -0.2) is 47.2 Å². The summed E-state index contributed by atoms with van der Waals surface area (Å²) in [6, 6.07) is 5.97. The maximum absolute atomic E-state index is 12.5. The van der Waals surface area contributed by atoms with Crippen LogP contribution in [0.2, 0.25) is 0 Å². The largest absolute Gasteiger partial charge is 0.490 e. The average Bonchev–Trinajstić information content (AvgIpc) is 3.53. The summed E-state index contributed by atoms with van der Waals surface area (Å²) < 4.78 is 11.3. The van der Waals surface area contributed by atoms with Crippen LogP contribution in [0.1, 0.15) is 55.9 Å². The van der Waals surface area contributed by atoms with Gasteiger partial charge in [0, 0.05) is 12.2 Å². The number of rotatable bonds is 9. The molecule has 2 aliphatic carbocycles. The molecule has 2 heterocycles. The number of thioether (sulfide) groups is 1. The summed E-state index contributed by atoms with van der Waals surface area (Å²) in [5.41, 5.74) is 1.68. The van der Waals surface area contributed by atoms with E-state index < -0.39 is 0 Å². The fraction of sp³-hybridized carbons (Fsp3) is 0.444. The van der Waals surface area contributed by atoms with Crippen LogP contribution in [0.25, 0.3) is 6.08 Å². The first kappa shape index (κ1) is 26.4. The molecule has 38 heavy (non-hydrogen) atoms. The highest BCUT2D eigenvalue weighted by Crippen LogP contribution is 2.36. The van der Waals surface area contributed by atoms with E-state index in [1.807, 2.05) is 32.0 Å². The lowest BCUT2D eigenvalue weighted by Crippen LogP contribution is -2.29. The lowest BCUT2D eigenvalue weighted by molar-refractivity contribution is -0.149. The predicted molar refractivity (Wildman–Crippen MR) is 149 cm³/mol. The zero-order chi connectivity index (χ0) is 26.6. The molecule has 2 aromatic rings. The fourth-order valence-corrected chi connectivity index (χ4v) is 6.31. The molecule has 5 rings (SSSR count). The Kier molecular flexibility index (Phi) is 8.13. The van der Waals surface area contributed by atoms with Gasteiger partial charge in [0.1, 0.15) is 5.75 Å². The first-order chi connectivity index (χ1) is 18.4. The van der Waals surface area contributed by atoms with Crippen LogP contribution in [0.15, 0.2) is 34.3 Å². The van der Waals surface area contributed by atoms with Gasteiger partial charge in [0.05, 0.1) is 34.1 Å². The number of amidine groups is 1. The zero-order valence-electron chi connectivity index (χ0n) is 21.3. The van der Waals surface area contributed by atoms with Gasteiger partial charge in [0.2, 0.25) is 6.41 Å². The minimum atomic E-state index is -0.214. The third-order valence-corrected chi connectivity index (χ3v) is 8.57. The lowest BCUT2D eigenvalue weighted by Gasteiger charge is -2.27. The van der Waals surface area contributed by atoms with Crippen molar-refractivity contribution in [2.24, 2.45) is 10.9 Å². The number of aryl methyl sites for hydroxylation is 1. The van der Waals surface area contributed by atoms with Gasteiger partial charge in [0.25, 0.3) is 5.91 Å². The van der Waals surface area contributed by atoms with Gasteiger partial charge in [-0.2, -0.15) is 0 Å². The number of benzene rings is 1. The van der Waals surface area contributed by atoms with Crippen molar-refractivity contribution >= 4 is 63.4 Å². The number of thiazole rings is 1. The van der Waals surface area contributed by atoms with Gasteiger partial charge in [-0.15, -0.1) is 0 Å². The topological polar surface area (TPSA) is 110 Å². The maximum atomic E-state index is 12.5. The van der Waals surface area contributed by atoms with Crippen molar-refractivity contribution in [3.63, 3.8) is 0 Å². The number of carbonyl (C=O) groups is 3. The zero-order valence-corrected chi connectivity index (χ0v) is 23.0. The number of ether oxygens (including phenoxy) is 2. The second-order valence-electron chi connectivity index (χ2n) is 9.56.